The van der Waals surface area contributed by atoms with Gasteiger partial charge in [-0.15, -0.1) is 11.3 Å². The maximum atomic E-state index is 12.2. The summed E-state index contributed by atoms with van der Waals surface area (Å²) in [7, 11) is 0. The fraction of sp³-hybridized carbons (Fsp3) is 0.538. The molecular weight excluding hydrogens is 234 g/mol. The van der Waals surface area contributed by atoms with Crippen LogP contribution in [0, 0.1) is 12.3 Å². The van der Waals surface area contributed by atoms with Gasteiger partial charge in [0.05, 0.1) is 11.4 Å². The number of nitrogens with zero attached hydrogens (tertiary/aromatic N) is 1. The van der Waals surface area contributed by atoms with Gasteiger partial charge in [-0.2, -0.15) is 0 Å². The number of aryl methyl sites for hydroxylation is 1. The van der Waals surface area contributed by atoms with E-state index in [4.69, 9.17) is 0 Å². The van der Waals surface area contributed by atoms with Crippen molar-refractivity contribution in [2.45, 2.75) is 27.2 Å². The number of hydrogen-bond donors (Lipinski definition) is 0. The molecule has 1 aliphatic rings. The van der Waals surface area contributed by atoms with Crippen LogP contribution in [0.4, 0.5) is 0 Å². The van der Waals surface area contributed by atoms with Gasteiger partial charge in [0, 0.05) is 12.0 Å². The summed E-state index contributed by atoms with van der Waals surface area (Å²) < 4.78 is 0. The molecule has 0 unspecified atom stereocenters. The minimum Gasteiger partial charge on any atom is -0.331 e. The first-order chi connectivity index (χ1) is 7.92. The van der Waals surface area contributed by atoms with Crippen LogP contribution in [0.5, 0.6) is 0 Å². The molecule has 1 fully saturated rings. The van der Waals surface area contributed by atoms with Crippen molar-refractivity contribution in [3.05, 3.63) is 21.9 Å². The Morgan fingerprint density at radius 1 is 1.47 bits per heavy atom. The summed E-state index contributed by atoms with van der Waals surface area (Å²) in [5.74, 6) is 0.160. The predicted molar refractivity (Wildman–Crippen MR) is 68.4 cm³/mol. The second-order valence-corrected chi connectivity index (χ2v) is 6.13. The van der Waals surface area contributed by atoms with Gasteiger partial charge in [-0.1, -0.05) is 13.8 Å². The highest BCUT2D eigenvalue weighted by Crippen LogP contribution is 2.28. The lowest BCUT2D eigenvalue weighted by Gasteiger charge is -2.35. The average molecular weight is 251 g/mol. The van der Waals surface area contributed by atoms with Crippen LogP contribution in [-0.4, -0.2) is 29.7 Å². The molecule has 3 nitrogen and oxygen atoms in total. The Morgan fingerprint density at radius 3 is 2.71 bits per heavy atom. The standard InChI is InChI=1S/C13H17NO2S/c1-9-4-7-17-11(9)12(16)14-6-5-13(2,3)10(15)8-14/h4,7H,5-6,8H2,1-3H3. The highest BCUT2D eigenvalue weighted by Gasteiger charge is 2.36. The van der Waals surface area contributed by atoms with E-state index in [0.29, 0.717) is 6.54 Å². The molecule has 2 rings (SSSR count). The largest absolute Gasteiger partial charge is 0.331 e. The normalized spacial score (nSPS) is 19.5. The minimum absolute atomic E-state index is 0.00125. The van der Waals surface area contributed by atoms with Crippen molar-refractivity contribution in [1.82, 2.24) is 4.90 Å². The molecule has 0 bridgehead atoms. The molecule has 1 saturated heterocycles. The molecule has 0 atom stereocenters. The topological polar surface area (TPSA) is 37.4 Å². The van der Waals surface area contributed by atoms with Crippen molar-refractivity contribution in [3.8, 4) is 0 Å². The van der Waals surface area contributed by atoms with E-state index in [1.807, 2.05) is 32.2 Å². The number of ketones is 1. The van der Waals surface area contributed by atoms with Gasteiger partial charge in [-0.25, -0.2) is 0 Å². The molecule has 0 spiro atoms. The molecule has 0 aromatic carbocycles. The van der Waals surface area contributed by atoms with E-state index in [1.54, 1.807) is 4.90 Å². The highest BCUT2D eigenvalue weighted by molar-refractivity contribution is 7.12. The quantitative estimate of drug-likeness (QED) is 0.769. The average Bonchev–Trinajstić information content (AvgIpc) is 2.68. The molecule has 17 heavy (non-hydrogen) atoms. The van der Waals surface area contributed by atoms with Crippen LogP contribution < -0.4 is 0 Å². The molecule has 1 aromatic rings. The smallest absolute Gasteiger partial charge is 0.264 e. The third-order valence-corrected chi connectivity index (χ3v) is 4.44. The van der Waals surface area contributed by atoms with Gasteiger partial charge in [0.15, 0.2) is 5.78 Å². The number of carbonyl (C=O) groups is 2. The maximum absolute atomic E-state index is 12.2. The zero-order chi connectivity index (χ0) is 12.6. The number of hydrogen-bond acceptors (Lipinski definition) is 3. The van der Waals surface area contributed by atoms with Gasteiger partial charge >= 0.3 is 0 Å². The Bertz CT molecular complexity index is 462. The third kappa shape index (κ3) is 2.27. The fourth-order valence-electron chi connectivity index (χ4n) is 1.93. The molecule has 0 saturated carbocycles. The van der Waals surface area contributed by atoms with E-state index in [9.17, 15) is 9.59 Å². The first kappa shape index (κ1) is 12.3. The number of amides is 1. The van der Waals surface area contributed by atoms with E-state index in [0.717, 1.165) is 16.9 Å². The molecule has 1 aliphatic heterocycles. The molecule has 1 aromatic heterocycles. The first-order valence-electron chi connectivity index (χ1n) is 5.78. The maximum Gasteiger partial charge on any atom is 0.264 e. The van der Waals surface area contributed by atoms with Crippen LogP contribution in [0.2, 0.25) is 0 Å². The van der Waals surface area contributed by atoms with E-state index in [-0.39, 0.29) is 23.7 Å². The summed E-state index contributed by atoms with van der Waals surface area (Å²) >= 11 is 1.45. The second kappa shape index (κ2) is 4.26. The molecule has 0 radical (unpaired) electrons. The molecule has 2 heterocycles. The number of likely N-dealkylation sites (tertiary alicyclic amines) is 1. The van der Waals surface area contributed by atoms with Crippen molar-refractivity contribution in [1.29, 1.82) is 0 Å². The van der Waals surface area contributed by atoms with Crippen LogP contribution in [0.1, 0.15) is 35.5 Å². The number of rotatable bonds is 1. The molecule has 0 N–H and O–H groups in total. The molecule has 4 heteroatoms. The number of piperidine rings is 1. The summed E-state index contributed by atoms with van der Waals surface area (Å²) in [6.45, 7) is 6.76. The zero-order valence-electron chi connectivity index (χ0n) is 10.4. The van der Waals surface area contributed by atoms with Gasteiger partial charge in [-0.05, 0) is 30.4 Å². The predicted octanol–water partition coefficient (Wildman–Crippen LogP) is 2.50. The van der Waals surface area contributed by atoms with Crippen molar-refractivity contribution < 1.29 is 9.59 Å². The fourth-order valence-corrected chi connectivity index (χ4v) is 2.82. The van der Waals surface area contributed by atoms with Crippen LogP contribution in [0.3, 0.4) is 0 Å². The van der Waals surface area contributed by atoms with E-state index in [1.165, 1.54) is 11.3 Å². The van der Waals surface area contributed by atoms with E-state index >= 15 is 0 Å². The van der Waals surface area contributed by atoms with Gasteiger partial charge in [-0.3, -0.25) is 9.59 Å². The monoisotopic (exact) mass is 251 g/mol. The highest BCUT2D eigenvalue weighted by atomic mass is 32.1. The summed E-state index contributed by atoms with van der Waals surface area (Å²) in [5, 5.41) is 1.91. The van der Waals surface area contributed by atoms with Gasteiger partial charge in [0.25, 0.3) is 5.91 Å². The lowest BCUT2D eigenvalue weighted by Crippen LogP contribution is -2.47. The van der Waals surface area contributed by atoms with Crippen molar-refractivity contribution in [2.75, 3.05) is 13.1 Å². The summed E-state index contributed by atoms with van der Waals surface area (Å²) in [5.41, 5.74) is 0.721. The Kier molecular flexibility index (Phi) is 3.08. The van der Waals surface area contributed by atoms with Crippen molar-refractivity contribution in [2.24, 2.45) is 5.41 Å². The van der Waals surface area contributed by atoms with Crippen LogP contribution in [0.25, 0.3) is 0 Å². The molecular formula is C13H17NO2S. The van der Waals surface area contributed by atoms with Crippen LogP contribution >= 0.6 is 11.3 Å². The lowest BCUT2D eigenvalue weighted by atomic mass is 9.81. The zero-order valence-corrected chi connectivity index (χ0v) is 11.3. The number of carbonyl (C=O) groups excluding carboxylic acids is 2. The van der Waals surface area contributed by atoms with E-state index < -0.39 is 0 Å². The number of Topliss-reactive ketones (excluding diaryl/α,β-unsaturated/α-hetero) is 1. The number of thiophene rings is 1. The molecule has 1 amide bonds. The van der Waals surface area contributed by atoms with Gasteiger partial charge in [0.1, 0.15) is 0 Å². The molecule has 0 aliphatic carbocycles. The Labute approximate surface area is 105 Å². The first-order valence-corrected chi connectivity index (χ1v) is 6.66. The minimum atomic E-state index is -0.277. The van der Waals surface area contributed by atoms with Crippen molar-refractivity contribution >= 4 is 23.0 Å². The molecule has 92 valence electrons. The lowest BCUT2D eigenvalue weighted by molar-refractivity contribution is -0.130. The van der Waals surface area contributed by atoms with Gasteiger partial charge < -0.3 is 4.90 Å². The Morgan fingerprint density at radius 2 is 2.18 bits per heavy atom. The van der Waals surface area contributed by atoms with Gasteiger partial charge in [0.2, 0.25) is 0 Å². The summed E-state index contributed by atoms with van der Waals surface area (Å²) in [4.78, 5) is 26.6. The SMILES string of the molecule is Cc1ccsc1C(=O)N1CCC(C)(C)C(=O)C1. The second-order valence-electron chi connectivity index (χ2n) is 5.22. The van der Waals surface area contributed by atoms with E-state index in [2.05, 4.69) is 0 Å². The van der Waals surface area contributed by atoms with Crippen molar-refractivity contribution in [3.63, 3.8) is 0 Å². The van der Waals surface area contributed by atoms with Crippen LogP contribution in [-0.2, 0) is 4.79 Å². The Balaban J connectivity index is 2.14. The Hall–Kier alpha value is -1.16. The summed E-state index contributed by atoms with van der Waals surface area (Å²) in [6.07, 6.45) is 0.752. The summed E-state index contributed by atoms with van der Waals surface area (Å²) in [6, 6.07) is 1.94. The van der Waals surface area contributed by atoms with Crippen LogP contribution in [0.15, 0.2) is 11.4 Å². The third-order valence-electron chi connectivity index (χ3n) is 3.44.